The van der Waals surface area contributed by atoms with Gasteiger partial charge in [-0.1, -0.05) is 6.07 Å². The minimum atomic E-state index is -3.87. The highest BCUT2D eigenvalue weighted by molar-refractivity contribution is 7.89. The number of aliphatic hydroxyl groups is 1. The number of amides is 1. The van der Waals surface area contributed by atoms with Gasteiger partial charge in [-0.05, 0) is 25.0 Å². The van der Waals surface area contributed by atoms with Gasteiger partial charge in [-0.15, -0.1) is 0 Å². The Labute approximate surface area is 139 Å². The molecular weight excluding hydrogens is 336 g/mol. The Morgan fingerprint density at radius 3 is 2.88 bits per heavy atom. The summed E-state index contributed by atoms with van der Waals surface area (Å²) in [4.78, 5) is 27.8. The van der Waals surface area contributed by atoms with Crippen LogP contribution in [0.5, 0.6) is 0 Å². The normalized spacial score (nSPS) is 21.1. The van der Waals surface area contributed by atoms with E-state index in [2.05, 4.69) is 10.3 Å². The van der Waals surface area contributed by atoms with Crippen LogP contribution in [0.4, 0.5) is 0 Å². The SMILES string of the molecule is N[C@@H](CO)C(=O)NC1CCCN(S(=O)(=O)c2ccccn2)CC1=O. The van der Waals surface area contributed by atoms with Gasteiger partial charge >= 0.3 is 0 Å². The third-order valence-corrected chi connectivity index (χ3v) is 5.47. The number of hydrogen-bond donors (Lipinski definition) is 3. The predicted molar refractivity (Wildman–Crippen MR) is 84.2 cm³/mol. The summed E-state index contributed by atoms with van der Waals surface area (Å²) in [5.74, 6) is -1.07. The van der Waals surface area contributed by atoms with E-state index in [1.165, 1.54) is 12.3 Å². The fourth-order valence-electron chi connectivity index (χ4n) is 2.35. The van der Waals surface area contributed by atoms with E-state index in [9.17, 15) is 18.0 Å². The van der Waals surface area contributed by atoms with Crippen LogP contribution in [0.15, 0.2) is 29.4 Å². The van der Waals surface area contributed by atoms with Crippen molar-refractivity contribution in [2.24, 2.45) is 5.73 Å². The summed E-state index contributed by atoms with van der Waals surface area (Å²) in [6.45, 7) is -0.728. The summed E-state index contributed by atoms with van der Waals surface area (Å²) >= 11 is 0. The predicted octanol–water partition coefficient (Wildman–Crippen LogP) is -1.76. The number of nitrogens with zero attached hydrogens (tertiary/aromatic N) is 2. The van der Waals surface area contributed by atoms with Gasteiger partial charge in [0, 0.05) is 12.7 Å². The van der Waals surface area contributed by atoms with Gasteiger partial charge < -0.3 is 16.2 Å². The Kier molecular flexibility index (Phi) is 5.99. The fraction of sp³-hybridized carbons (Fsp3) is 0.500. The average Bonchev–Trinajstić information content (AvgIpc) is 2.77. The van der Waals surface area contributed by atoms with E-state index in [-0.39, 0.29) is 18.1 Å². The molecule has 1 aliphatic heterocycles. The number of hydrogen-bond acceptors (Lipinski definition) is 7. The number of aliphatic hydroxyl groups excluding tert-OH is 1. The van der Waals surface area contributed by atoms with E-state index >= 15 is 0 Å². The summed E-state index contributed by atoms with van der Waals surface area (Å²) in [7, 11) is -3.87. The number of rotatable bonds is 5. The Morgan fingerprint density at radius 2 is 2.25 bits per heavy atom. The summed E-state index contributed by atoms with van der Waals surface area (Å²) < 4.78 is 26.1. The van der Waals surface area contributed by atoms with Crippen LogP contribution in [0.3, 0.4) is 0 Å². The zero-order valence-corrected chi connectivity index (χ0v) is 13.8. The Balaban J connectivity index is 2.11. The molecule has 132 valence electrons. The lowest BCUT2D eigenvalue weighted by atomic mass is 10.1. The van der Waals surface area contributed by atoms with Gasteiger partial charge in [0.25, 0.3) is 10.0 Å². The molecule has 0 radical (unpaired) electrons. The van der Waals surface area contributed by atoms with Crippen molar-refractivity contribution in [1.82, 2.24) is 14.6 Å². The minimum absolute atomic E-state index is 0.123. The molecule has 2 atom stereocenters. The molecule has 0 aliphatic carbocycles. The van der Waals surface area contributed by atoms with Crippen molar-refractivity contribution >= 4 is 21.7 Å². The maximum Gasteiger partial charge on any atom is 0.260 e. The number of nitrogens with one attached hydrogen (secondary N) is 1. The number of pyridine rings is 1. The molecule has 4 N–H and O–H groups in total. The lowest BCUT2D eigenvalue weighted by Crippen LogP contribution is -2.50. The second kappa shape index (κ2) is 7.79. The van der Waals surface area contributed by atoms with Crippen molar-refractivity contribution in [2.45, 2.75) is 30.0 Å². The Hall–Kier alpha value is -1.88. The van der Waals surface area contributed by atoms with E-state index in [4.69, 9.17) is 10.8 Å². The van der Waals surface area contributed by atoms with Gasteiger partial charge in [0.15, 0.2) is 10.8 Å². The lowest BCUT2D eigenvalue weighted by molar-refractivity contribution is -0.128. The average molecular weight is 356 g/mol. The number of nitrogens with two attached hydrogens (primary N) is 1. The van der Waals surface area contributed by atoms with Crippen molar-refractivity contribution in [3.63, 3.8) is 0 Å². The molecule has 24 heavy (non-hydrogen) atoms. The van der Waals surface area contributed by atoms with Crippen LogP contribution < -0.4 is 11.1 Å². The van der Waals surface area contributed by atoms with E-state index in [0.29, 0.717) is 12.8 Å². The van der Waals surface area contributed by atoms with Crippen molar-refractivity contribution in [3.05, 3.63) is 24.4 Å². The second-order valence-corrected chi connectivity index (χ2v) is 7.35. The Morgan fingerprint density at radius 1 is 1.50 bits per heavy atom. The molecular formula is C14H20N4O5S. The number of carbonyl (C=O) groups is 2. The molecule has 1 saturated heterocycles. The van der Waals surface area contributed by atoms with Gasteiger partial charge in [-0.2, -0.15) is 4.31 Å². The highest BCUT2D eigenvalue weighted by Crippen LogP contribution is 2.17. The quantitative estimate of drug-likeness (QED) is 0.567. The second-order valence-electron chi connectivity index (χ2n) is 5.47. The topological polar surface area (TPSA) is 143 Å². The first-order valence-electron chi connectivity index (χ1n) is 7.47. The third-order valence-electron chi connectivity index (χ3n) is 3.71. The summed E-state index contributed by atoms with van der Waals surface area (Å²) in [6.07, 6.45) is 2.07. The molecule has 1 amide bonds. The van der Waals surface area contributed by atoms with Crippen molar-refractivity contribution < 1.29 is 23.1 Å². The molecule has 0 bridgehead atoms. The van der Waals surface area contributed by atoms with Crippen molar-refractivity contribution in [3.8, 4) is 0 Å². The van der Waals surface area contributed by atoms with Gasteiger partial charge in [0.1, 0.15) is 6.04 Å². The maximum absolute atomic E-state index is 12.5. The third kappa shape index (κ3) is 4.15. The van der Waals surface area contributed by atoms with Gasteiger partial charge in [0.05, 0.1) is 19.2 Å². The summed E-state index contributed by atoms with van der Waals surface area (Å²) in [5.41, 5.74) is 5.40. The van der Waals surface area contributed by atoms with Crippen molar-refractivity contribution in [1.29, 1.82) is 0 Å². The standard InChI is InChI=1S/C14H20N4O5S/c15-10(9-19)14(21)17-11-4-3-7-18(8-12(11)20)24(22,23)13-5-1-2-6-16-13/h1-2,5-6,10-11,19H,3-4,7-9,15H2,(H,17,21)/t10-,11?/m0/s1. The van der Waals surface area contributed by atoms with Crippen LogP contribution in [0, 0.1) is 0 Å². The highest BCUT2D eigenvalue weighted by Gasteiger charge is 2.33. The molecule has 10 heteroatoms. The number of Topliss-reactive ketones (excluding diaryl/α,β-unsaturated/α-hetero) is 1. The highest BCUT2D eigenvalue weighted by atomic mass is 32.2. The molecule has 0 saturated carbocycles. The van der Waals surface area contributed by atoms with Crippen LogP contribution in [0.25, 0.3) is 0 Å². The molecule has 0 aromatic carbocycles. The lowest BCUT2D eigenvalue weighted by Gasteiger charge is -2.19. The van der Waals surface area contributed by atoms with Crippen LogP contribution >= 0.6 is 0 Å². The largest absolute Gasteiger partial charge is 0.394 e. The van der Waals surface area contributed by atoms with Gasteiger partial charge in [-0.3, -0.25) is 9.59 Å². The summed E-state index contributed by atoms with van der Waals surface area (Å²) in [5, 5.41) is 11.2. The van der Waals surface area contributed by atoms with E-state index < -0.39 is 40.4 Å². The van der Waals surface area contributed by atoms with Gasteiger partial charge in [0.2, 0.25) is 5.91 Å². The van der Waals surface area contributed by atoms with Crippen LogP contribution in [-0.2, 0) is 19.6 Å². The van der Waals surface area contributed by atoms with Crippen LogP contribution in [0.1, 0.15) is 12.8 Å². The number of carbonyl (C=O) groups excluding carboxylic acids is 2. The van der Waals surface area contributed by atoms with E-state index in [1.807, 2.05) is 0 Å². The van der Waals surface area contributed by atoms with Crippen LogP contribution in [0.2, 0.25) is 0 Å². The van der Waals surface area contributed by atoms with E-state index in [1.54, 1.807) is 12.1 Å². The fourth-order valence-corrected chi connectivity index (χ4v) is 3.72. The number of ketones is 1. The first-order valence-corrected chi connectivity index (χ1v) is 8.91. The molecule has 2 rings (SSSR count). The molecule has 2 heterocycles. The number of sulfonamides is 1. The van der Waals surface area contributed by atoms with Gasteiger partial charge in [-0.25, -0.2) is 13.4 Å². The number of aromatic nitrogens is 1. The van der Waals surface area contributed by atoms with Crippen LogP contribution in [-0.4, -0.2) is 66.3 Å². The first kappa shape index (κ1) is 18.5. The molecule has 9 nitrogen and oxygen atoms in total. The molecule has 0 spiro atoms. The van der Waals surface area contributed by atoms with E-state index in [0.717, 1.165) is 4.31 Å². The molecule has 1 aromatic heterocycles. The monoisotopic (exact) mass is 356 g/mol. The smallest absolute Gasteiger partial charge is 0.260 e. The first-order chi connectivity index (χ1) is 11.4. The maximum atomic E-state index is 12.5. The Bertz CT molecular complexity index is 694. The molecule has 1 unspecified atom stereocenters. The zero-order chi connectivity index (χ0) is 17.7. The zero-order valence-electron chi connectivity index (χ0n) is 13.0. The minimum Gasteiger partial charge on any atom is -0.394 e. The molecule has 1 aliphatic rings. The molecule has 1 fully saturated rings. The van der Waals surface area contributed by atoms with Crippen molar-refractivity contribution in [2.75, 3.05) is 19.7 Å². The summed E-state index contributed by atoms with van der Waals surface area (Å²) in [6, 6.07) is 2.58. The molecule has 1 aromatic rings.